The first-order chi connectivity index (χ1) is 23.1. The number of amides is 1. The smallest absolute Gasteiger partial charge is 0.348 e. The number of thioether (sulfide) groups is 1. The van der Waals surface area contributed by atoms with E-state index in [1.54, 1.807) is 23.9 Å². The van der Waals surface area contributed by atoms with Gasteiger partial charge in [-0.3, -0.25) is 9.69 Å². The zero-order valence-electron chi connectivity index (χ0n) is 27.5. The molecule has 0 radical (unpaired) electrons. The van der Waals surface area contributed by atoms with Gasteiger partial charge < -0.3 is 10.2 Å². The number of benzene rings is 3. The Morgan fingerprint density at radius 3 is 2.40 bits per heavy atom. The first-order valence-corrected chi connectivity index (χ1v) is 18.1. The molecule has 10 heteroatoms. The fourth-order valence-corrected chi connectivity index (χ4v) is 8.12. The van der Waals surface area contributed by atoms with Crippen LogP contribution in [0.3, 0.4) is 0 Å². The molecule has 0 unspecified atom stereocenters. The lowest BCUT2D eigenvalue weighted by molar-refractivity contribution is -0.137. The average Bonchev–Trinajstić information content (AvgIpc) is 3.08. The van der Waals surface area contributed by atoms with Crippen molar-refractivity contribution in [3.63, 3.8) is 0 Å². The lowest BCUT2D eigenvalue weighted by Gasteiger charge is -2.40. The van der Waals surface area contributed by atoms with E-state index in [4.69, 9.17) is 16.6 Å². The maximum Gasteiger partial charge on any atom is 0.416 e. The summed E-state index contributed by atoms with van der Waals surface area (Å²) in [6, 6.07) is 19.1. The van der Waals surface area contributed by atoms with Gasteiger partial charge in [-0.15, -0.1) is 11.8 Å². The standard InChI is InChI=1S/C38H42ClF3N4OS/c1-25(2)48-34-21-30-33(22-32(34)39)44-36(27-12-9-13-28(20-27)38(40,41)42)31(35(30)37(47)43-23-26-10-5-3-6-11-26)24-45-18-14-29(15-19-45)46-16-7-4-8-17-46/h3,5-6,9-13,20-22,25,29H,4,7-8,14-19,23-24H2,1-2H3,(H,43,47). The van der Waals surface area contributed by atoms with E-state index < -0.39 is 11.7 Å². The number of carbonyl (C=O) groups excluding carboxylic acids is 1. The van der Waals surface area contributed by atoms with Gasteiger partial charge in [-0.05, 0) is 81.7 Å². The van der Waals surface area contributed by atoms with Gasteiger partial charge in [0.15, 0.2) is 0 Å². The Balaban J connectivity index is 1.47. The number of pyridine rings is 1. The molecule has 0 spiro atoms. The Morgan fingerprint density at radius 2 is 1.71 bits per heavy atom. The fourth-order valence-electron chi connectivity index (χ4n) is 6.96. The van der Waals surface area contributed by atoms with Crippen molar-refractivity contribution in [2.45, 2.75) is 81.4 Å². The van der Waals surface area contributed by atoms with E-state index in [1.807, 2.05) is 36.4 Å². The third kappa shape index (κ3) is 8.19. The van der Waals surface area contributed by atoms with E-state index in [-0.39, 0.29) is 11.2 Å². The molecule has 2 aliphatic rings. The molecule has 1 aromatic heterocycles. The summed E-state index contributed by atoms with van der Waals surface area (Å²) in [6.07, 6.45) is 1.28. The van der Waals surface area contributed by atoms with Gasteiger partial charge in [0, 0.05) is 45.8 Å². The normalized spacial score (nSPS) is 16.9. The topological polar surface area (TPSA) is 48.5 Å². The highest BCUT2D eigenvalue weighted by molar-refractivity contribution is 8.00. The second-order valence-electron chi connectivity index (χ2n) is 13.1. The maximum atomic E-state index is 14.4. The van der Waals surface area contributed by atoms with E-state index in [2.05, 4.69) is 29.0 Å². The van der Waals surface area contributed by atoms with Crippen LogP contribution in [-0.2, 0) is 19.3 Å². The predicted molar refractivity (Wildman–Crippen MR) is 190 cm³/mol. The van der Waals surface area contributed by atoms with Crippen molar-refractivity contribution >= 4 is 40.2 Å². The third-order valence-corrected chi connectivity index (χ3v) is 10.8. The van der Waals surface area contributed by atoms with Crippen LogP contribution >= 0.6 is 23.4 Å². The highest BCUT2D eigenvalue weighted by atomic mass is 35.5. The van der Waals surface area contributed by atoms with Gasteiger partial charge in [0.25, 0.3) is 5.91 Å². The SMILES string of the molecule is CC(C)Sc1cc2c(C(=O)NCc3ccccc3)c(CN3CCC(N4CCCCC4)CC3)c(-c3cccc(C(F)(F)F)c3)nc2cc1Cl. The lowest BCUT2D eigenvalue weighted by atomic mass is 9.93. The number of piperidine rings is 2. The van der Waals surface area contributed by atoms with Crippen molar-refractivity contribution in [3.05, 3.63) is 94.0 Å². The first kappa shape index (κ1) is 34.7. The highest BCUT2D eigenvalue weighted by Crippen LogP contribution is 2.40. The van der Waals surface area contributed by atoms with Crippen LogP contribution in [-0.4, -0.2) is 58.2 Å². The van der Waals surface area contributed by atoms with Gasteiger partial charge in [-0.25, -0.2) is 4.98 Å². The van der Waals surface area contributed by atoms with Crippen LogP contribution in [0.15, 0.2) is 71.6 Å². The molecule has 0 saturated carbocycles. The number of nitrogens with one attached hydrogen (secondary N) is 1. The summed E-state index contributed by atoms with van der Waals surface area (Å²) in [5.41, 5.74) is 2.42. The number of carbonyl (C=O) groups is 1. The molecule has 0 atom stereocenters. The van der Waals surface area contributed by atoms with E-state index >= 15 is 0 Å². The minimum Gasteiger partial charge on any atom is -0.348 e. The number of halogens is 4. The zero-order valence-corrected chi connectivity index (χ0v) is 29.0. The number of likely N-dealkylation sites (tertiary alicyclic amines) is 2. The highest BCUT2D eigenvalue weighted by Gasteiger charge is 2.32. The van der Waals surface area contributed by atoms with Crippen LogP contribution in [0, 0.1) is 0 Å². The molecular formula is C38H42ClF3N4OS. The molecule has 2 saturated heterocycles. The van der Waals surface area contributed by atoms with Crippen molar-refractivity contribution < 1.29 is 18.0 Å². The summed E-state index contributed by atoms with van der Waals surface area (Å²) in [7, 11) is 0. The van der Waals surface area contributed by atoms with Gasteiger partial charge in [0.05, 0.1) is 27.4 Å². The van der Waals surface area contributed by atoms with Crippen molar-refractivity contribution in [1.29, 1.82) is 0 Å². The van der Waals surface area contributed by atoms with E-state index in [0.717, 1.165) is 61.6 Å². The van der Waals surface area contributed by atoms with Crippen LogP contribution < -0.4 is 5.32 Å². The maximum absolute atomic E-state index is 14.4. The summed E-state index contributed by atoms with van der Waals surface area (Å²) in [4.78, 5) is 25.2. The van der Waals surface area contributed by atoms with E-state index in [9.17, 15) is 18.0 Å². The third-order valence-electron chi connectivity index (χ3n) is 9.33. The summed E-state index contributed by atoms with van der Waals surface area (Å²) in [5, 5.41) is 4.49. The Kier molecular flexibility index (Phi) is 11.0. The minimum absolute atomic E-state index is 0.244. The zero-order chi connectivity index (χ0) is 33.8. The Bertz CT molecular complexity index is 1740. The summed E-state index contributed by atoms with van der Waals surface area (Å²) >= 11 is 8.35. The molecule has 1 N–H and O–H groups in total. The van der Waals surface area contributed by atoms with Crippen molar-refractivity contribution in [2.75, 3.05) is 26.2 Å². The number of hydrogen-bond donors (Lipinski definition) is 1. The molecule has 0 aliphatic carbocycles. The molecule has 1 amide bonds. The van der Waals surface area contributed by atoms with Gasteiger partial charge in [0.1, 0.15) is 0 Å². The molecule has 3 aromatic carbocycles. The first-order valence-electron chi connectivity index (χ1n) is 16.9. The lowest BCUT2D eigenvalue weighted by Crippen LogP contribution is -2.46. The Morgan fingerprint density at radius 1 is 0.979 bits per heavy atom. The number of fused-ring (bicyclic) bond motifs is 1. The molecule has 254 valence electrons. The molecule has 6 rings (SSSR count). The number of aromatic nitrogens is 1. The second-order valence-corrected chi connectivity index (χ2v) is 15.2. The van der Waals surface area contributed by atoms with E-state index in [1.165, 1.54) is 25.3 Å². The molecule has 2 aliphatic heterocycles. The van der Waals surface area contributed by atoms with Crippen molar-refractivity contribution in [3.8, 4) is 11.3 Å². The summed E-state index contributed by atoms with van der Waals surface area (Å²) in [5.74, 6) is -0.291. The largest absolute Gasteiger partial charge is 0.416 e. The minimum atomic E-state index is -4.52. The molecule has 2 fully saturated rings. The predicted octanol–water partition coefficient (Wildman–Crippen LogP) is 9.45. The van der Waals surface area contributed by atoms with Gasteiger partial charge in [-0.2, -0.15) is 13.2 Å². The summed E-state index contributed by atoms with van der Waals surface area (Å²) in [6.45, 7) is 8.81. The fraction of sp³-hybridized carbons (Fsp3) is 0.421. The number of rotatable bonds is 9. The quantitative estimate of drug-likeness (QED) is 0.177. The molecule has 0 bridgehead atoms. The summed E-state index contributed by atoms with van der Waals surface area (Å²) < 4.78 is 41.9. The van der Waals surface area contributed by atoms with Gasteiger partial charge in [-0.1, -0.05) is 74.3 Å². The van der Waals surface area contributed by atoms with Crippen LogP contribution in [0.4, 0.5) is 13.2 Å². The molecule has 4 aromatic rings. The van der Waals surface area contributed by atoms with Crippen molar-refractivity contribution in [2.24, 2.45) is 0 Å². The monoisotopic (exact) mass is 694 g/mol. The van der Waals surface area contributed by atoms with Crippen LogP contribution in [0.2, 0.25) is 5.02 Å². The number of hydrogen-bond acceptors (Lipinski definition) is 5. The molecule has 5 nitrogen and oxygen atoms in total. The Labute approximate surface area is 290 Å². The molecule has 48 heavy (non-hydrogen) atoms. The van der Waals surface area contributed by atoms with Gasteiger partial charge >= 0.3 is 6.18 Å². The van der Waals surface area contributed by atoms with Crippen molar-refractivity contribution in [1.82, 2.24) is 20.1 Å². The van der Waals surface area contributed by atoms with E-state index in [0.29, 0.717) is 57.4 Å². The average molecular weight is 695 g/mol. The molecular weight excluding hydrogens is 653 g/mol. The number of alkyl halides is 3. The molecule has 3 heterocycles. The van der Waals surface area contributed by atoms with Gasteiger partial charge in [0.2, 0.25) is 0 Å². The number of nitrogens with zero attached hydrogens (tertiary/aromatic N) is 3. The van der Waals surface area contributed by atoms with Crippen LogP contribution in [0.1, 0.15) is 73.0 Å². The Hall–Kier alpha value is -3.11. The van der Waals surface area contributed by atoms with Crippen LogP contribution in [0.5, 0.6) is 0 Å². The van der Waals surface area contributed by atoms with Crippen LogP contribution in [0.25, 0.3) is 22.2 Å². The second kappa shape index (κ2) is 15.2.